The first-order valence-corrected chi connectivity index (χ1v) is 9.90. The van der Waals surface area contributed by atoms with Crippen LogP contribution in [-0.4, -0.2) is 44.4 Å². The molecular weight excluding hydrogens is 326 g/mol. The Morgan fingerprint density at radius 1 is 1.08 bits per heavy atom. The SMILES string of the molecule is CCN(CC)C(=O)c1ccc(S(=O)(=O)NC(CC)(CC)CN)cc1. The summed E-state index contributed by atoms with van der Waals surface area (Å²) in [6.45, 7) is 9.09. The largest absolute Gasteiger partial charge is 0.339 e. The predicted molar refractivity (Wildman–Crippen MR) is 96.4 cm³/mol. The van der Waals surface area contributed by atoms with E-state index < -0.39 is 15.6 Å². The third-order valence-corrected chi connectivity index (χ3v) is 6.15. The molecule has 3 N–H and O–H groups in total. The molecule has 0 spiro atoms. The van der Waals surface area contributed by atoms with Gasteiger partial charge in [0.2, 0.25) is 10.0 Å². The summed E-state index contributed by atoms with van der Waals surface area (Å²) in [5.41, 5.74) is 5.60. The lowest BCUT2D eigenvalue weighted by atomic mass is 9.95. The Hall–Kier alpha value is -1.44. The molecule has 0 aliphatic rings. The number of carbonyl (C=O) groups is 1. The van der Waals surface area contributed by atoms with Gasteiger partial charge in [-0.3, -0.25) is 4.79 Å². The van der Waals surface area contributed by atoms with E-state index in [1.807, 2.05) is 27.7 Å². The van der Waals surface area contributed by atoms with Crippen molar-refractivity contribution < 1.29 is 13.2 Å². The Labute approximate surface area is 145 Å². The molecule has 0 aliphatic heterocycles. The molecule has 1 aromatic carbocycles. The summed E-state index contributed by atoms with van der Waals surface area (Å²) in [6, 6.07) is 6.03. The Balaban J connectivity index is 3.05. The topological polar surface area (TPSA) is 92.5 Å². The van der Waals surface area contributed by atoms with Gasteiger partial charge in [-0.05, 0) is 51.0 Å². The van der Waals surface area contributed by atoms with Gasteiger partial charge >= 0.3 is 0 Å². The third kappa shape index (κ3) is 4.55. The Morgan fingerprint density at radius 3 is 1.96 bits per heavy atom. The fourth-order valence-corrected chi connectivity index (χ4v) is 4.09. The Morgan fingerprint density at radius 2 is 1.58 bits per heavy atom. The fourth-order valence-electron chi connectivity index (χ4n) is 2.54. The van der Waals surface area contributed by atoms with Crippen LogP contribution in [0, 0.1) is 0 Å². The van der Waals surface area contributed by atoms with Crippen LogP contribution in [-0.2, 0) is 10.0 Å². The number of sulfonamides is 1. The minimum absolute atomic E-state index is 0.102. The normalized spacial score (nSPS) is 12.2. The second-order valence-corrected chi connectivity index (χ2v) is 7.48. The minimum atomic E-state index is -3.68. The van der Waals surface area contributed by atoms with Crippen LogP contribution in [0.4, 0.5) is 0 Å². The van der Waals surface area contributed by atoms with Crippen LogP contribution in [0.1, 0.15) is 50.9 Å². The highest BCUT2D eigenvalue weighted by Gasteiger charge is 2.30. The van der Waals surface area contributed by atoms with E-state index in [0.717, 1.165) is 0 Å². The van der Waals surface area contributed by atoms with E-state index in [2.05, 4.69) is 4.72 Å². The summed E-state index contributed by atoms with van der Waals surface area (Å²) in [5, 5.41) is 0. The van der Waals surface area contributed by atoms with Crippen molar-refractivity contribution in [2.24, 2.45) is 5.73 Å². The van der Waals surface area contributed by atoms with E-state index in [9.17, 15) is 13.2 Å². The van der Waals surface area contributed by atoms with Crippen LogP contribution in [0.2, 0.25) is 0 Å². The van der Waals surface area contributed by atoms with Crippen LogP contribution in [0.25, 0.3) is 0 Å². The van der Waals surface area contributed by atoms with Gasteiger partial charge in [-0.15, -0.1) is 0 Å². The van der Waals surface area contributed by atoms with Gasteiger partial charge in [0.25, 0.3) is 5.91 Å². The highest BCUT2D eigenvalue weighted by atomic mass is 32.2. The molecule has 0 fully saturated rings. The maximum absolute atomic E-state index is 12.6. The lowest BCUT2D eigenvalue weighted by molar-refractivity contribution is 0.0773. The summed E-state index contributed by atoms with van der Waals surface area (Å²) in [6.07, 6.45) is 1.22. The van der Waals surface area contributed by atoms with E-state index >= 15 is 0 Å². The van der Waals surface area contributed by atoms with E-state index in [-0.39, 0.29) is 17.3 Å². The molecular formula is C17H29N3O3S. The van der Waals surface area contributed by atoms with Crippen molar-refractivity contribution in [2.45, 2.75) is 51.0 Å². The van der Waals surface area contributed by atoms with Crippen LogP contribution < -0.4 is 10.5 Å². The zero-order chi connectivity index (χ0) is 18.4. The summed E-state index contributed by atoms with van der Waals surface area (Å²) < 4.78 is 27.9. The quantitative estimate of drug-likeness (QED) is 0.708. The first-order valence-electron chi connectivity index (χ1n) is 8.42. The number of amides is 1. The molecule has 1 rings (SSSR count). The predicted octanol–water partition coefficient (Wildman–Crippen LogP) is 1.96. The molecule has 0 saturated heterocycles. The molecule has 1 amide bonds. The van der Waals surface area contributed by atoms with E-state index in [1.54, 1.807) is 17.0 Å². The van der Waals surface area contributed by atoms with Gasteiger partial charge in [-0.2, -0.15) is 0 Å². The average molecular weight is 356 g/mol. The molecule has 0 aromatic heterocycles. The second-order valence-electron chi connectivity index (χ2n) is 5.80. The van der Waals surface area contributed by atoms with Crippen molar-refractivity contribution in [2.75, 3.05) is 19.6 Å². The number of nitrogens with one attached hydrogen (secondary N) is 1. The zero-order valence-electron chi connectivity index (χ0n) is 15.0. The summed E-state index contributed by atoms with van der Waals surface area (Å²) >= 11 is 0. The smallest absolute Gasteiger partial charge is 0.253 e. The summed E-state index contributed by atoms with van der Waals surface area (Å²) in [4.78, 5) is 14.1. The summed E-state index contributed by atoms with van der Waals surface area (Å²) in [5.74, 6) is -0.102. The molecule has 24 heavy (non-hydrogen) atoms. The number of hydrogen-bond donors (Lipinski definition) is 2. The van der Waals surface area contributed by atoms with Crippen molar-refractivity contribution in [3.63, 3.8) is 0 Å². The standard InChI is InChI=1S/C17H29N3O3S/c1-5-17(6-2,13-18)19-24(22,23)15-11-9-14(10-12-15)16(21)20(7-3)8-4/h9-12,19H,5-8,13,18H2,1-4H3. The first-order chi connectivity index (χ1) is 11.3. The number of nitrogens with zero attached hydrogens (tertiary/aromatic N) is 1. The lowest BCUT2D eigenvalue weighted by Crippen LogP contribution is -2.52. The van der Waals surface area contributed by atoms with Crippen molar-refractivity contribution in [1.29, 1.82) is 0 Å². The molecule has 0 saturated carbocycles. The molecule has 6 nitrogen and oxygen atoms in total. The van der Waals surface area contributed by atoms with Crippen LogP contribution in [0.5, 0.6) is 0 Å². The maximum atomic E-state index is 12.6. The van der Waals surface area contributed by atoms with Gasteiger partial charge in [-0.1, -0.05) is 13.8 Å². The van der Waals surface area contributed by atoms with E-state index in [1.165, 1.54) is 12.1 Å². The lowest BCUT2D eigenvalue weighted by Gasteiger charge is -2.31. The number of nitrogens with two attached hydrogens (primary N) is 1. The van der Waals surface area contributed by atoms with E-state index in [0.29, 0.717) is 31.5 Å². The molecule has 136 valence electrons. The number of hydrogen-bond acceptors (Lipinski definition) is 4. The highest BCUT2D eigenvalue weighted by Crippen LogP contribution is 2.19. The molecule has 0 heterocycles. The van der Waals surface area contributed by atoms with Gasteiger partial charge < -0.3 is 10.6 Å². The molecule has 0 aliphatic carbocycles. The van der Waals surface area contributed by atoms with Crippen molar-refractivity contribution in [3.05, 3.63) is 29.8 Å². The molecule has 1 aromatic rings. The summed E-state index contributed by atoms with van der Waals surface area (Å²) in [7, 11) is -3.68. The molecule has 7 heteroatoms. The maximum Gasteiger partial charge on any atom is 0.253 e. The molecule has 0 radical (unpaired) electrons. The van der Waals surface area contributed by atoms with Gasteiger partial charge in [-0.25, -0.2) is 13.1 Å². The van der Waals surface area contributed by atoms with Crippen molar-refractivity contribution in [1.82, 2.24) is 9.62 Å². The fraction of sp³-hybridized carbons (Fsp3) is 0.588. The zero-order valence-corrected chi connectivity index (χ0v) is 15.8. The van der Waals surface area contributed by atoms with Crippen molar-refractivity contribution >= 4 is 15.9 Å². The monoisotopic (exact) mass is 355 g/mol. The Kier molecular flexibility index (Phi) is 7.38. The van der Waals surface area contributed by atoms with Gasteiger partial charge in [0, 0.05) is 30.7 Å². The number of rotatable bonds is 9. The molecule has 0 atom stereocenters. The van der Waals surface area contributed by atoms with Crippen LogP contribution in [0.3, 0.4) is 0 Å². The van der Waals surface area contributed by atoms with Crippen LogP contribution in [0.15, 0.2) is 29.2 Å². The highest BCUT2D eigenvalue weighted by molar-refractivity contribution is 7.89. The minimum Gasteiger partial charge on any atom is -0.339 e. The number of benzene rings is 1. The van der Waals surface area contributed by atoms with Crippen molar-refractivity contribution in [3.8, 4) is 0 Å². The van der Waals surface area contributed by atoms with Gasteiger partial charge in [0.15, 0.2) is 0 Å². The number of carbonyl (C=O) groups excluding carboxylic acids is 1. The van der Waals surface area contributed by atoms with Gasteiger partial charge in [0.1, 0.15) is 0 Å². The van der Waals surface area contributed by atoms with Gasteiger partial charge in [0.05, 0.1) is 4.90 Å². The molecule has 0 bridgehead atoms. The van der Waals surface area contributed by atoms with E-state index in [4.69, 9.17) is 5.73 Å². The second kappa shape index (κ2) is 8.60. The van der Waals surface area contributed by atoms with Crippen LogP contribution >= 0.6 is 0 Å². The molecule has 0 unspecified atom stereocenters. The average Bonchev–Trinajstić information content (AvgIpc) is 2.61. The first kappa shape index (κ1) is 20.6. The third-order valence-electron chi connectivity index (χ3n) is 4.56. The Bertz CT molecular complexity index is 625.